The number of piperidine rings is 1. The summed E-state index contributed by atoms with van der Waals surface area (Å²) in [5, 5.41) is 34.0. The van der Waals surface area contributed by atoms with Crippen LogP contribution in [-0.2, 0) is 20.8 Å². The lowest BCUT2D eigenvalue weighted by Crippen LogP contribution is -2.54. The fraction of sp³-hybridized carbons (Fsp3) is 0.381. The Balaban J connectivity index is 1.44. The van der Waals surface area contributed by atoms with Crippen molar-refractivity contribution >= 4 is 47.1 Å². The number of carboxylic acid groups (broad SMARTS) is 1. The SMILES string of the molecule is Nc1nc(/C(=N/OCC(=O)NC2CCNCC2)C(=O)N[C@H]2Cc3cccc(C(=O)O)c3OB2O)cs1. The minimum absolute atomic E-state index is 0.0461. The van der Waals surface area contributed by atoms with Gasteiger partial charge in [0, 0.05) is 11.4 Å². The third kappa shape index (κ3) is 6.11. The number of nitrogens with one attached hydrogen (secondary N) is 3. The summed E-state index contributed by atoms with van der Waals surface area (Å²) in [4.78, 5) is 45.9. The molecule has 2 aliphatic heterocycles. The molecule has 2 aromatic rings. The number of aromatic nitrogens is 1. The molecular formula is C21H25BN6O7S. The van der Waals surface area contributed by atoms with Crippen LogP contribution in [0.2, 0.25) is 0 Å². The number of hydrogen-bond acceptors (Lipinski definition) is 11. The van der Waals surface area contributed by atoms with E-state index in [0.717, 1.165) is 37.3 Å². The van der Waals surface area contributed by atoms with Crippen LogP contribution in [0.15, 0.2) is 28.7 Å². The summed E-state index contributed by atoms with van der Waals surface area (Å²) in [5.41, 5.74) is 6.01. The van der Waals surface area contributed by atoms with E-state index in [1.54, 1.807) is 12.1 Å². The Morgan fingerprint density at radius 3 is 2.78 bits per heavy atom. The van der Waals surface area contributed by atoms with Gasteiger partial charge in [0.05, 0.1) is 11.5 Å². The summed E-state index contributed by atoms with van der Waals surface area (Å²) in [7, 11) is -1.51. The molecule has 0 bridgehead atoms. The van der Waals surface area contributed by atoms with Gasteiger partial charge in [-0.15, -0.1) is 11.3 Å². The summed E-state index contributed by atoms with van der Waals surface area (Å²) in [6.45, 7) is 1.23. The maximum atomic E-state index is 13.1. The summed E-state index contributed by atoms with van der Waals surface area (Å²) in [6, 6.07) is 4.61. The maximum absolute atomic E-state index is 13.1. The van der Waals surface area contributed by atoms with Gasteiger partial charge in [0.25, 0.3) is 11.8 Å². The van der Waals surface area contributed by atoms with Crippen LogP contribution < -0.4 is 26.3 Å². The van der Waals surface area contributed by atoms with E-state index in [-0.39, 0.29) is 46.2 Å². The molecule has 0 aliphatic carbocycles. The average Bonchev–Trinajstić information content (AvgIpc) is 3.28. The smallest absolute Gasteiger partial charge is 0.534 e. The summed E-state index contributed by atoms with van der Waals surface area (Å²) >= 11 is 1.09. The Hall–Kier alpha value is -3.69. The van der Waals surface area contributed by atoms with E-state index in [9.17, 15) is 24.5 Å². The molecule has 0 radical (unpaired) electrons. The third-order valence-corrected chi connectivity index (χ3v) is 6.38. The number of carbonyl (C=O) groups is 3. The first kappa shape index (κ1) is 25.4. The van der Waals surface area contributed by atoms with Gasteiger partial charge in [-0.25, -0.2) is 9.78 Å². The molecule has 1 aromatic carbocycles. The minimum Gasteiger partial charge on any atom is -0.534 e. The van der Waals surface area contributed by atoms with Crippen LogP contribution in [0.1, 0.15) is 34.5 Å². The van der Waals surface area contributed by atoms with E-state index >= 15 is 0 Å². The molecule has 15 heteroatoms. The Morgan fingerprint density at radius 2 is 2.08 bits per heavy atom. The fourth-order valence-corrected chi connectivity index (χ4v) is 4.49. The second kappa shape index (κ2) is 11.4. The molecular weight excluding hydrogens is 491 g/mol. The molecule has 7 N–H and O–H groups in total. The number of nitrogens with two attached hydrogens (primary N) is 1. The van der Waals surface area contributed by atoms with E-state index < -0.39 is 31.5 Å². The van der Waals surface area contributed by atoms with Gasteiger partial charge in [-0.1, -0.05) is 17.3 Å². The van der Waals surface area contributed by atoms with Crippen molar-refractivity contribution in [2.24, 2.45) is 5.16 Å². The maximum Gasteiger partial charge on any atom is 0.547 e. The first-order valence-electron chi connectivity index (χ1n) is 11.2. The topological polar surface area (TPSA) is 197 Å². The Kier molecular flexibility index (Phi) is 8.02. The summed E-state index contributed by atoms with van der Waals surface area (Å²) in [5.74, 6) is -3.18. The summed E-state index contributed by atoms with van der Waals surface area (Å²) < 4.78 is 5.41. The van der Waals surface area contributed by atoms with Gasteiger partial charge in [-0.05, 0) is 44.0 Å². The number of fused-ring (bicyclic) bond motifs is 1. The molecule has 1 saturated heterocycles. The van der Waals surface area contributed by atoms with Crippen molar-refractivity contribution in [1.29, 1.82) is 0 Å². The van der Waals surface area contributed by atoms with Crippen LogP contribution in [0.25, 0.3) is 0 Å². The number of nitrogens with zero attached hydrogens (tertiary/aromatic N) is 2. The van der Waals surface area contributed by atoms with Gasteiger partial charge in [0.1, 0.15) is 11.4 Å². The molecule has 0 unspecified atom stereocenters. The Labute approximate surface area is 210 Å². The highest BCUT2D eigenvalue weighted by molar-refractivity contribution is 7.13. The first-order chi connectivity index (χ1) is 17.3. The van der Waals surface area contributed by atoms with Crippen molar-refractivity contribution in [3.8, 4) is 5.75 Å². The lowest BCUT2D eigenvalue weighted by atomic mass is 9.72. The number of carboxylic acids is 1. The van der Waals surface area contributed by atoms with E-state index in [2.05, 4.69) is 26.1 Å². The predicted molar refractivity (Wildman–Crippen MR) is 131 cm³/mol. The van der Waals surface area contributed by atoms with Gasteiger partial charge < -0.3 is 41.3 Å². The number of thiazole rings is 1. The molecule has 0 spiro atoms. The van der Waals surface area contributed by atoms with Crippen molar-refractivity contribution in [2.45, 2.75) is 31.2 Å². The number of amides is 2. The number of rotatable bonds is 8. The lowest BCUT2D eigenvalue weighted by Gasteiger charge is -2.28. The number of nitrogen functional groups attached to an aromatic ring is 1. The van der Waals surface area contributed by atoms with Gasteiger partial charge >= 0.3 is 13.1 Å². The number of aromatic carboxylic acids is 1. The second-order valence-electron chi connectivity index (χ2n) is 8.27. The van der Waals surface area contributed by atoms with Crippen molar-refractivity contribution in [1.82, 2.24) is 20.9 Å². The molecule has 2 aliphatic rings. The van der Waals surface area contributed by atoms with Crippen LogP contribution in [0.3, 0.4) is 0 Å². The molecule has 1 atom stereocenters. The molecule has 4 rings (SSSR count). The number of para-hydroxylation sites is 1. The average molecular weight is 516 g/mol. The Bertz CT molecular complexity index is 1170. The number of hydrogen-bond donors (Lipinski definition) is 6. The molecule has 1 aromatic heterocycles. The molecule has 3 heterocycles. The van der Waals surface area contributed by atoms with Gasteiger partial charge in [0.2, 0.25) is 0 Å². The molecule has 1 fully saturated rings. The number of benzene rings is 1. The zero-order valence-corrected chi connectivity index (χ0v) is 19.9. The second-order valence-corrected chi connectivity index (χ2v) is 9.16. The number of oxime groups is 1. The molecule has 2 amide bonds. The van der Waals surface area contributed by atoms with Crippen molar-refractivity contribution < 1.29 is 34.0 Å². The van der Waals surface area contributed by atoms with Gasteiger partial charge in [0.15, 0.2) is 17.5 Å². The predicted octanol–water partition coefficient (Wildman–Crippen LogP) is -0.848. The molecule has 190 valence electrons. The zero-order chi connectivity index (χ0) is 25.7. The van der Waals surface area contributed by atoms with Crippen molar-refractivity contribution in [3.63, 3.8) is 0 Å². The van der Waals surface area contributed by atoms with Gasteiger partial charge in [-0.3, -0.25) is 9.59 Å². The first-order valence-corrected chi connectivity index (χ1v) is 12.1. The molecule has 13 nitrogen and oxygen atoms in total. The molecule has 0 saturated carbocycles. The summed E-state index contributed by atoms with van der Waals surface area (Å²) in [6.07, 6.45) is 1.72. The van der Waals surface area contributed by atoms with E-state index in [1.807, 2.05) is 0 Å². The van der Waals surface area contributed by atoms with Crippen LogP contribution >= 0.6 is 11.3 Å². The lowest BCUT2D eigenvalue weighted by molar-refractivity contribution is -0.126. The highest BCUT2D eigenvalue weighted by atomic mass is 32.1. The minimum atomic E-state index is -1.51. The van der Waals surface area contributed by atoms with Crippen molar-refractivity contribution in [2.75, 3.05) is 25.4 Å². The largest absolute Gasteiger partial charge is 0.547 e. The van der Waals surface area contributed by atoms with E-state index in [1.165, 1.54) is 11.4 Å². The van der Waals surface area contributed by atoms with Crippen molar-refractivity contribution in [3.05, 3.63) is 40.4 Å². The number of anilines is 1. The van der Waals surface area contributed by atoms with Gasteiger partial charge in [-0.2, -0.15) is 0 Å². The van der Waals surface area contributed by atoms with Crippen LogP contribution in [0.4, 0.5) is 5.13 Å². The van der Waals surface area contributed by atoms with Crippen LogP contribution in [0.5, 0.6) is 5.75 Å². The Morgan fingerprint density at radius 1 is 1.31 bits per heavy atom. The zero-order valence-electron chi connectivity index (χ0n) is 19.1. The van der Waals surface area contributed by atoms with E-state index in [4.69, 9.17) is 15.2 Å². The normalized spacial score (nSPS) is 18.1. The standard InChI is InChI=1S/C21H25BN6O7S/c23-21-26-14(10-36-21)17(28-34-9-16(29)25-12-4-6-24-7-5-12)19(30)27-15-8-11-2-1-3-13(20(31)32)18(11)35-22(15)33/h1-3,10,12,15,24,33H,4-9H2,(H2,23,26)(H,25,29)(H,27,30)(H,31,32)/b28-17-/t15-/m0/s1. The van der Waals surface area contributed by atoms with Crippen LogP contribution in [-0.4, -0.2) is 77.4 Å². The van der Waals surface area contributed by atoms with Crippen LogP contribution in [0, 0.1) is 0 Å². The highest BCUT2D eigenvalue weighted by Gasteiger charge is 2.38. The van der Waals surface area contributed by atoms with E-state index in [0.29, 0.717) is 5.56 Å². The third-order valence-electron chi connectivity index (χ3n) is 5.70. The number of carbonyl (C=O) groups excluding carboxylic acids is 2. The molecule has 36 heavy (non-hydrogen) atoms. The fourth-order valence-electron chi connectivity index (χ4n) is 3.94. The highest BCUT2D eigenvalue weighted by Crippen LogP contribution is 2.30. The monoisotopic (exact) mass is 516 g/mol. The quantitative estimate of drug-likeness (QED) is 0.146.